The van der Waals surface area contributed by atoms with Crippen molar-refractivity contribution in [1.82, 2.24) is 10.2 Å². The van der Waals surface area contributed by atoms with Crippen LogP contribution in [0.4, 0.5) is 10.5 Å². The van der Waals surface area contributed by atoms with Gasteiger partial charge in [-0.3, -0.25) is 4.79 Å². The third-order valence-corrected chi connectivity index (χ3v) is 6.01. The summed E-state index contributed by atoms with van der Waals surface area (Å²) in [6.07, 6.45) is 3.77. The van der Waals surface area contributed by atoms with Crippen LogP contribution in [0.5, 0.6) is 0 Å². The van der Waals surface area contributed by atoms with Crippen molar-refractivity contribution in [2.75, 3.05) is 31.6 Å². The average Bonchev–Trinajstić information content (AvgIpc) is 3.37. The maximum absolute atomic E-state index is 12.8. The minimum absolute atomic E-state index is 0.0937. The average molecular weight is 378 g/mol. The molecule has 7 heteroatoms. The van der Waals surface area contributed by atoms with E-state index in [-0.39, 0.29) is 23.3 Å². The molecule has 3 aliphatic rings. The van der Waals surface area contributed by atoms with Gasteiger partial charge in [0, 0.05) is 48.5 Å². The van der Waals surface area contributed by atoms with Crippen LogP contribution >= 0.6 is 11.6 Å². The Kier molecular flexibility index (Phi) is 4.80. The Morgan fingerprint density at radius 1 is 1.15 bits per heavy atom. The fraction of sp³-hybridized carbons (Fsp3) is 0.579. The molecule has 1 spiro atoms. The number of rotatable bonds is 3. The predicted molar refractivity (Wildman–Crippen MR) is 99.2 cm³/mol. The lowest BCUT2D eigenvalue weighted by molar-refractivity contribution is -0.130. The number of anilines is 1. The van der Waals surface area contributed by atoms with Crippen LogP contribution in [0.25, 0.3) is 0 Å². The van der Waals surface area contributed by atoms with Gasteiger partial charge in [0.2, 0.25) is 5.91 Å². The summed E-state index contributed by atoms with van der Waals surface area (Å²) in [7, 11) is 0. The zero-order chi connectivity index (χ0) is 18.1. The van der Waals surface area contributed by atoms with E-state index in [9.17, 15) is 9.59 Å². The molecule has 0 unspecified atom stereocenters. The van der Waals surface area contributed by atoms with Gasteiger partial charge in [-0.25, -0.2) is 4.79 Å². The lowest BCUT2D eigenvalue weighted by Crippen LogP contribution is -2.45. The molecule has 6 nitrogen and oxygen atoms in total. The zero-order valence-electron chi connectivity index (χ0n) is 14.7. The van der Waals surface area contributed by atoms with E-state index >= 15 is 0 Å². The normalized spacial score (nSPS) is 24.5. The summed E-state index contributed by atoms with van der Waals surface area (Å²) in [5.41, 5.74) is 0.528. The van der Waals surface area contributed by atoms with Gasteiger partial charge in [0.05, 0.1) is 5.92 Å². The molecule has 1 aromatic rings. The number of urea groups is 1. The molecular formula is C19H24ClN3O3. The van der Waals surface area contributed by atoms with Crippen LogP contribution in [-0.4, -0.2) is 49.2 Å². The second-order valence-corrected chi connectivity index (χ2v) is 8.06. The van der Waals surface area contributed by atoms with Crippen molar-refractivity contribution in [3.8, 4) is 0 Å². The van der Waals surface area contributed by atoms with Crippen molar-refractivity contribution < 1.29 is 14.3 Å². The number of hydrogen-bond donors (Lipinski definition) is 2. The Balaban J connectivity index is 1.47. The smallest absolute Gasteiger partial charge is 0.321 e. The third-order valence-electron chi connectivity index (χ3n) is 5.76. The standard InChI is InChI=1S/C19H24ClN3O3/c20-13-1-3-15(4-2-13)22-18(25)23-11-16(17(24)21-14-5-6-14)19(12-23)7-9-26-10-8-19/h1-4,14,16H,5-12H2,(H,21,24)(H,22,25)/t16-/m1/s1. The molecule has 0 radical (unpaired) electrons. The summed E-state index contributed by atoms with van der Waals surface area (Å²) in [5.74, 6) is -0.0702. The number of likely N-dealkylation sites (tertiary alicyclic amines) is 1. The summed E-state index contributed by atoms with van der Waals surface area (Å²) in [4.78, 5) is 27.3. The van der Waals surface area contributed by atoms with Crippen LogP contribution in [-0.2, 0) is 9.53 Å². The van der Waals surface area contributed by atoms with Crippen LogP contribution < -0.4 is 10.6 Å². The van der Waals surface area contributed by atoms with Crippen molar-refractivity contribution >= 4 is 29.2 Å². The zero-order valence-corrected chi connectivity index (χ0v) is 15.4. The van der Waals surface area contributed by atoms with E-state index in [1.165, 1.54) is 0 Å². The van der Waals surface area contributed by atoms with Crippen molar-refractivity contribution in [1.29, 1.82) is 0 Å². The van der Waals surface area contributed by atoms with Crippen molar-refractivity contribution in [3.05, 3.63) is 29.3 Å². The van der Waals surface area contributed by atoms with Crippen molar-refractivity contribution in [2.45, 2.75) is 31.7 Å². The van der Waals surface area contributed by atoms with Gasteiger partial charge < -0.3 is 20.3 Å². The van der Waals surface area contributed by atoms with E-state index < -0.39 is 0 Å². The summed E-state index contributed by atoms with van der Waals surface area (Å²) in [5, 5.41) is 6.67. The Bertz CT molecular complexity index is 684. The molecule has 1 atom stereocenters. The molecule has 1 saturated carbocycles. The first-order valence-corrected chi connectivity index (χ1v) is 9.63. The van der Waals surface area contributed by atoms with Gasteiger partial charge in [-0.15, -0.1) is 0 Å². The van der Waals surface area contributed by atoms with Crippen LogP contribution in [0.2, 0.25) is 5.02 Å². The summed E-state index contributed by atoms with van der Waals surface area (Å²) in [6.45, 7) is 2.36. The topological polar surface area (TPSA) is 70.7 Å². The van der Waals surface area contributed by atoms with Gasteiger partial charge in [-0.2, -0.15) is 0 Å². The molecule has 2 saturated heterocycles. The Morgan fingerprint density at radius 3 is 2.50 bits per heavy atom. The molecule has 140 valence electrons. The van der Waals surface area contributed by atoms with Crippen molar-refractivity contribution in [3.63, 3.8) is 0 Å². The number of halogens is 1. The third kappa shape index (κ3) is 3.67. The van der Waals surface area contributed by atoms with E-state index in [2.05, 4.69) is 10.6 Å². The maximum atomic E-state index is 12.8. The molecule has 4 rings (SSSR count). The fourth-order valence-corrected chi connectivity index (χ4v) is 4.16. The highest BCUT2D eigenvalue weighted by Crippen LogP contribution is 2.44. The molecule has 3 amide bonds. The minimum atomic E-state index is -0.172. The van der Waals surface area contributed by atoms with Gasteiger partial charge >= 0.3 is 6.03 Å². The maximum Gasteiger partial charge on any atom is 0.321 e. The van der Waals surface area contributed by atoms with Crippen LogP contribution in [0.1, 0.15) is 25.7 Å². The number of nitrogens with one attached hydrogen (secondary N) is 2. The molecule has 2 aliphatic heterocycles. The quantitative estimate of drug-likeness (QED) is 0.850. The van der Waals surface area contributed by atoms with Gasteiger partial charge in [0.25, 0.3) is 0 Å². The SMILES string of the molecule is O=C(NC1CC1)[C@H]1CN(C(=O)Nc2ccc(Cl)cc2)CC12CCOCC2. The van der Waals surface area contributed by atoms with Crippen LogP contribution in [0.3, 0.4) is 0 Å². The van der Waals surface area contributed by atoms with E-state index in [0.717, 1.165) is 25.7 Å². The number of hydrogen-bond acceptors (Lipinski definition) is 3. The fourth-order valence-electron chi connectivity index (χ4n) is 4.03. The molecule has 2 heterocycles. The van der Waals surface area contributed by atoms with Crippen LogP contribution in [0, 0.1) is 11.3 Å². The van der Waals surface area contributed by atoms with Gasteiger partial charge in [0.15, 0.2) is 0 Å². The molecule has 26 heavy (non-hydrogen) atoms. The van der Waals surface area contributed by atoms with Gasteiger partial charge in [-0.1, -0.05) is 11.6 Å². The molecule has 1 aliphatic carbocycles. The van der Waals surface area contributed by atoms with Gasteiger partial charge in [0.1, 0.15) is 0 Å². The number of nitrogens with zero attached hydrogens (tertiary/aromatic N) is 1. The monoisotopic (exact) mass is 377 g/mol. The van der Waals surface area contributed by atoms with E-state index in [4.69, 9.17) is 16.3 Å². The highest BCUT2D eigenvalue weighted by atomic mass is 35.5. The summed E-state index contributed by atoms with van der Waals surface area (Å²) in [6, 6.07) is 7.20. The largest absolute Gasteiger partial charge is 0.381 e. The highest BCUT2D eigenvalue weighted by Gasteiger charge is 2.52. The Hall–Kier alpha value is -1.79. The van der Waals surface area contributed by atoms with Crippen LogP contribution in [0.15, 0.2) is 24.3 Å². The number of carbonyl (C=O) groups is 2. The highest BCUT2D eigenvalue weighted by molar-refractivity contribution is 6.30. The van der Waals surface area contributed by atoms with Gasteiger partial charge in [-0.05, 0) is 49.9 Å². The first kappa shape index (κ1) is 17.6. The Morgan fingerprint density at radius 2 is 1.85 bits per heavy atom. The molecule has 3 fully saturated rings. The predicted octanol–water partition coefficient (Wildman–Crippen LogP) is 2.88. The molecule has 2 N–H and O–H groups in total. The number of carbonyl (C=O) groups excluding carboxylic acids is 2. The lowest BCUT2D eigenvalue weighted by Gasteiger charge is -2.37. The van der Waals surface area contributed by atoms with E-state index in [1.807, 2.05) is 0 Å². The molecule has 1 aromatic carbocycles. The second kappa shape index (κ2) is 7.08. The summed E-state index contributed by atoms with van der Waals surface area (Å²) < 4.78 is 5.52. The second-order valence-electron chi connectivity index (χ2n) is 7.63. The number of benzene rings is 1. The van der Waals surface area contributed by atoms with Crippen molar-refractivity contribution in [2.24, 2.45) is 11.3 Å². The summed E-state index contributed by atoms with van der Waals surface area (Å²) >= 11 is 5.89. The molecule has 0 bridgehead atoms. The van der Waals surface area contributed by atoms with E-state index in [0.29, 0.717) is 43.1 Å². The number of ether oxygens (including phenoxy) is 1. The first-order chi connectivity index (χ1) is 12.6. The Labute approximate surface area is 158 Å². The first-order valence-electron chi connectivity index (χ1n) is 9.25. The van der Waals surface area contributed by atoms with E-state index in [1.54, 1.807) is 29.2 Å². The lowest BCUT2D eigenvalue weighted by atomic mass is 9.71. The minimum Gasteiger partial charge on any atom is -0.381 e. The number of amides is 3. The molecular weight excluding hydrogens is 354 g/mol. The molecule has 0 aromatic heterocycles.